The maximum atomic E-state index is 12.9. The number of rotatable bonds is 3. The van der Waals surface area contributed by atoms with Crippen molar-refractivity contribution >= 4 is 43.6 Å². The molecule has 3 aromatic rings. The molecule has 0 bridgehead atoms. The molecule has 0 N–H and O–H groups in total. The summed E-state index contributed by atoms with van der Waals surface area (Å²) < 4.78 is 25.9. The summed E-state index contributed by atoms with van der Waals surface area (Å²) in [4.78, 5) is 6.68. The minimum absolute atomic E-state index is 0.0723. The van der Waals surface area contributed by atoms with Crippen molar-refractivity contribution < 1.29 is 8.42 Å². The monoisotopic (exact) mass is 390 g/mol. The predicted octanol–water partition coefficient (Wildman–Crippen LogP) is 4.71. The summed E-state index contributed by atoms with van der Waals surface area (Å²) in [6.07, 6.45) is 0.897. The Bertz CT molecular complexity index is 1030. The molecule has 25 heavy (non-hydrogen) atoms. The van der Waals surface area contributed by atoms with Crippen LogP contribution in [-0.4, -0.2) is 19.4 Å². The fraction of sp³-hybridized carbons (Fsp3) is 0.167. The highest BCUT2D eigenvalue weighted by molar-refractivity contribution is 7.91. The summed E-state index contributed by atoms with van der Waals surface area (Å²) in [7, 11) is -3.73. The first-order valence-corrected chi connectivity index (χ1v) is 10.5. The van der Waals surface area contributed by atoms with Crippen molar-refractivity contribution in [2.45, 2.75) is 29.3 Å². The number of hydrogen-bond donors (Lipinski definition) is 0. The van der Waals surface area contributed by atoms with Gasteiger partial charge in [0.15, 0.2) is 10.2 Å². The normalized spacial score (nSPS) is 16.9. The molecule has 0 saturated heterocycles. The van der Waals surface area contributed by atoms with Crippen molar-refractivity contribution in [3.8, 4) is 0 Å². The molecule has 7 heteroatoms. The Balaban J connectivity index is 1.80. The van der Waals surface area contributed by atoms with E-state index in [0.29, 0.717) is 5.13 Å². The number of anilines is 2. The third-order valence-electron chi connectivity index (χ3n) is 4.27. The van der Waals surface area contributed by atoms with Gasteiger partial charge in [-0.25, -0.2) is 13.4 Å². The summed E-state index contributed by atoms with van der Waals surface area (Å²) >= 11 is 7.48. The van der Waals surface area contributed by atoms with Crippen molar-refractivity contribution in [1.29, 1.82) is 0 Å². The fourth-order valence-corrected chi connectivity index (χ4v) is 6.14. The fourth-order valence-electron chi connectivity index (χ4n) is 3.11. The highest BCUT2D eigenvalue weighted by Gasteiger charge is 2.32. The number of halogens is 1. The topological polar surface area (TPSA) is 50.3 Å². The number of nitrogens with zero attached hydrogens (tertiary/aromatic N) is 2. The molecule has 1 atom stereocenters. The molecule has 128 valence electrons. The van der Waals surface area contributed by atoms with Gasteiger partial charge in [-0.2, -0.15) is 0 Å². The van der Waals surface area contributed by atoms with Crippen molar-refractivity contribution in [3.63, 3.8) is 0 Å². The van der Waals surface area contributed by atoms with Crippen molar-refractivity contribution in [2.24, 2.45) is 0 Å². The first-order chi connectivity index (χ1) is 12.0. The highest BCUT2D eigenvalue weighted by atomic mass is 35.5. The van der Waals surface area contributed by atoms with E-state index in [0.717, 1.165) is 12.1 Å². The first-order valence-electron chi connectivity index (χ1n) is 7.82. The average Bonchev–Trinajstić information content (AvgIpc) is 3.15. The maximum absolute atomic E-state index is 12.9. The van der Waals surface area contributed by atoms with Crippen LogP contribution in [-0.2, 0) is 16.3 Å². The predicted molar refractivity (Wildman–Crippen MR) is 101 cm³/mol. The molecule has 0 saturated carbocycles. The number of thiazole rings is 1. The SMILES string of the molecule is C[C@H]1Cc2ccccc2N1c1nc(S(=O)(=O)c2ccccc2)c(Cl)s1. The van der Waals surface area contributed by atoms with Gasteiger partial charge in [0.25, 0.3) is 0 Å². The minimum atomic E-state index is -3.73. The Kier molecular flexibility index (Phi) is 4.06. The molecule has 2 aromatic carbocycles. The van der Waals surface area contributed by atoms with E-state index in [1.807, 2.05) is 18.2 Å². The van der Waals surface area contributed by atoms with Gasteiger partial charge in [0.2, 0.25) is 9.84 Å². The number of para-hydroxylation sites is 1. The van der Waals surface area contributed by atoms with Crippen LogP contribution >= 0.6 is 22.9 Å². The molecule has 4 nitrogen and oxygen atoms in total. The van der Waals surface area contributed by atoms with Crippen LogP contribution in [0, 0.1) is 0 Å². The van der Waals surface area contributed by atoms with E-state index in [9.17, 15) is 8.42 Å². The van der Waals surface area contributed by atoms with E-state index in [1.165, 1.54) is 16.9 Å². The van der Waals surface area contributed by atoms with Gasteiger partial charge in [-0.15, -0.1) is 0 Å². The van der Waals surface area contributed by atoms with E-state index in [2.05, 4.69) is 22.9 Å². The molecule has 0 radical (unpaired) electrons. The van der Waals surface area contributed by atoms with Crippen LogP contribution in [0.3, 0.4) is 0 Å². The standard InChI is InChI=1S/C18H15ClN2O2S2/c1-12-11-13-7-5-6-10-15(13)21(12)18-20-17(16(19)24-18)25(22,23)14-8-3-2-4-9-14/h2-10,12H,11H2,1H3/t12-/m0/s1. The molecule has 1 aliphatic rings. The third kappa shape index (κ3) is 2.74. The zero-order valence-corrected chi connectivity index (χ0v) is 15.8. The second-order valence-electron chi connectivity index (χ2n) is 5.94. The molecule has 0 fully saturated rings. The molecular formula is C18H15ClN2O2S2. The van der Waals surface area contributed by atoms with E-state index in [1.54, 1.807) is 30.3 Å². The maximum Gasteiger partial charge on any atom is 0.226 e. The molecule has 4 rings (SSSR count). The molecule has 1 aliphatic heterocycles. The zero-order valence-electron chi connectivity index (χ0n) is 13.4. The van der Waals surface area contributed by atoms with E-state index in [-0.39, 0.29) is 20.3 Å². The number of aromatic nitrogens is 1. The van der Waals surface area contributed by atoms with E-state index < -0.39 is 9.84 Å². The Hall–Kier alpha value is -1.89. The molecule has 0 unspecified atom stereocenters. The lowest BCUT2D eigenvalue weighted by atomic mass is 10.1. The highest BCUT2D eigenvalue weighted by Crippen LogP contribution is 2.43. The summed E-state index contributed by atoms with van der Waals surface area (Å²) in [5.74, 6) is 0. The molecule has 2 heterocycles. The number of sulfone groups is 1. The lowest BCUT2D eigenvalue weighted by molar-refractivity contribution is 0.593. The van der Waals surface area contributed by atoms with E-state index >= 15 is 0 Å². The van der Waals surface area contributed by atoms with E-state index in [4.69, 9.17) is 11.6 Å². The lowest BCUT2D eigenvalue weighted by Crippen LogP contribution is -2.23. The van der Waals surface area contributed by atoms with Crippen molar-refractivity contribution in [3.05, 3.63) is 64.5 Å². The van der Waals surface area contributed by atoms with Crippen LogP contribution in [0.2, 0.25) is 4.34 Å². The Labute approximate surface area is 155 Å². The van der Waals surface area contributed by atoms with Gasteiger partial charge in [0, 0.05) is 11.7 Å². The van der Waals surface area contributed by atoms with Gasteiger partial charge in [0.05, 0.1) is 4.90 Å². The van der Waals surface area contributed by atoms with Gasteiger partial charge in [0.1, 0.15) is 4.34 Å². The zero-order chi connectivity index (χ0) is 17.6. The van der Waals surface area contributed by atoms with Crippen LogP contribution in [0.15, 0.2) is 64.5 Å². The third-order valence-corrected chi connectivity index (χ3v) is 7.46. The molecule has 0 aliphatic carbocycles. The van der Waals surface area contributed by atoms with Gasteiger partial charge in [-0.3, -0.25) is 0 Å². The lowest BCUT2D eigenvalue weighted by Gasteiger charge is -2.21. The first kappa shape index (κ1) is 16.6. The quantitative estimate of drug-likeness (QED) is 0.649. The van der Waals surface area contributed by atoms with Gasteiger partial charge >= 0.3 is 0 Å². The molecule has 0 spiro atoms. The summed E-state index contributed by atoms with van der Waals surface area (Å²) in [6.45, 7) is 2.10. The minimum Gasteiger partial charge on any atom is -0.314 e. The number of benzene rings is 2. The Morgan fingerprint density at radius 2 is 1.80 bits per heavy atom. The van der Waals surface area contributed by atoms with Crippen LogP contribution in [0.5, 0.6) is 0 Å². The van der Waals surface area contributed by atoms with Crippen molar-refractivity contribution in [1.82, 2.24) is 4.98 Å². The van der Waals surface area contributed by atoms with Crippen LogP contribution in [0.1, 0.15) is 12.5 Å². The summed E-state index contributed by atoms with van der Waals surface area (Å²) in [6, 6.07) is 16.6. The summed E-state index contributed by atoms with van der Waals surface area (Å²) in [5.41, 5.74) is 2.29. The number of hydrogen-bond acceptors (Lipinski definition) is 5. The average molecular weight is 391 g/mol. The molecule has 0 amide bonds. The Morgan fingerprint density at radius 1 is 1.12 bits per heavy atom. The Morgan fingerprint density at radius 3 is 2.56 bits per heavy atom. The van der Waals surface area contributed by atoms with Gasteiger partial charge < -0.3 is 4.90 Å². The van der Waals surface area contributed by atoms with Crippen LogP contribution < -0.4 is 4.90 Å². The van der Waals surface area contributed by atoms with Crippen molar-refractivity contribution in [2.75, 3.05) is 4.90 Å². The van der Waals surface area contributed by atoms with Gasteiger partial charge in [-0.05, 0) is 37.1 Å². The van der Waals surface area contributed by atoms with Crippen LogP contribution in [0.25, 0.3) is 0 Å². The molecular weight excluding hydrogens is 376 g/mol. The second-order valence-corrected chi connectivity index (χ2v) is 9.39. The second kappa shape index (κ2) is 6.12. The largest absolute Gasteiger partial charge is 0.314 e. The van der Waals surface area contributed by atoms with Gasteiger partial charge in [-0.1, -0.05) is 59.3 Å². The number of fused-ring (bicyclic) bond motifs is 1. The molecule has 1 aromatic heterocycles. The summed E-state index contributed by atoms with van der Waals surface area (Å²) in [5, 5.41) is 0.536. The van der Waals surface area contributed by atoms with Crippen LogP contribution in [0.4, 0.5) is 10.8 Å². The smallest absolute Gasteiger partial charge is 0.226 e.